The zero-order valence-corrected chi connectivity index (χ0v) is 11.6. The predicted octanol–water partition coefficient (Wildman–Crippen LogP) is 1.19. The molecule has 19 heavy (non-hydrogen) atoms. The van der Waals surface area contributed by atoms with Crippen molar-refractivity contribution in [2.75, 3.05) is 20.2 Å². The summed E-state index contributed by atoms with van der Waals surface area (Å²) in [7, 11) is 1.60. The quantitative estimate of drug-likeness (QED) is 0.867. The lowest BCUT2D eigenvalue weighted by Gasteiger charge is -2.32. The smallest absolute Gasteiger partial charge is 0.240 e. The van der Waals surface area contributed by atoms with Gasteiger partial charge in [0.25, 0.3) is 0 Å². The average Bonchev–Trinajstić information content (AvgIpc) is 2.44. The van der Waals surface area contributed by atoms with Gasteiger partial charge in [-0.2, -0.15) is 0 Å². The molecule has 0 aromatic carbocycles. The number of rotatable bonds is 5. The molecule has 5 heteroatoms. The molecule has 1 saturated heterocycles. The molecule has 2 rings (SSSR count). The zero-order chi connectivity index (χ0) is 13.7. The van der Waals surface area contributed by atoms with Gasteiger partial charge in [0, 0.05) is 25.4 Å². The van der Waals surface area contributed by atoms with Crippen LogP contribution in [0.15, 0.2) is 18.3 Å². The van der Waals surface area contributed by atoms with Crippen LogP contribution in [0.4, 0.5) is 0 Å². The molecule has 2 heterocycles. The first-order valence-electron chi connectivity index (χ1n) is 6.75. The van der Waals surface area contributed by atoms with Gasteiger partial charge in [-0.3, -0.25) is 4.79 Å². The molecule has 0 spiro atoms. The highest BCUT2D eigenvalue weighted by atomic mass is 16.5. The van der Waals surface area contributed by atoms with Crippen molar-refractivity contribution >= 4 is 5.91 Å². The molecular weight excluding hydrogens is 242 g/mol. The van der Waals surface area contributed by atoms with Gasteiger partial charge in [-0.1, -0.05) is 6.92 Å². The summed E-state index contributed by atoms with van der Waals surface area (Å²) in [5, 5.41) is 3.24. The van der Waals surface area contributed by atoms with Crippen LogP contribution in [-0.4, -0.2) is 42.0 Å². The zero-order valence-electron chi connectivity index (χ0n) is 11.6. The minimum Gasteiger partial charge on any atom is -0.481 e. The maximum absolute atomic E-state index is 12.3. The Hall–Kier alpha value is -1.62. The number of amides is 1. The van der Waals surface area contributed by atoms with E-state index < -0.39 is 0 Å². The fourth-order valence-electron chi connectivity index (χ4n) is 2.41. The molecule has 1 N–H and O–H groups in total. The molecule has 1 aromatic rings. The second kappa shape index (κ2) is 6.52. The fourth-order valence-corrected chi connectivity index (χ4v) is 2.41. The number of nitrogens with zero attached hydrogens (tertiary/aromatic N) is 2. The Bertz CT molecular complexity index is 434. The van der Waals surface area contributed by atoms with Gasteiger partial charge in [0.2, 0.25) is 11.8 Å². The molecular formula is C14H21N3O2. The number of hydrogen-bond donors (Lipinski definition) is 1. The van der Waals surface area contributed by atoms with Gasteiger partial charge in [-0.05, 0) is 31.0 Å². The Balaban J connectivity index is 2.02. The monoisotopic (exact) mass is 263 g/mol. The van der Waals surface area contributed by atoms with Crippen LogP contribution in [0.1, 0.15) is 25.3 Å². The van der Waals surface area contributed by atoms with Gasteiger partial charge in [0.05, 0.1) is 13.2 Å². The summed E-state index contributed by atoms with van der Waals surface area (Å²) in [4.78, 5) is 18.3. The Kier molecular flexibility index (Phi) is 4.74. The second-order valence-electron chi connectivity index (χ2n) is 4.72. The molecule has 1 aliphatic heterocycles. The summed E-state index contributed by atoms with van der Waals surface area (Å²) in [6, 6.07) is 3.78. The van der Waals surface area contributed by atoms with Crippen LogP contribution in [-0.2, 0) is 11.3 Å². The molecule has 1 aromatic heterocycles. The van der Waals surface area contributed by atoms with Crippen molar-refractivity contribution in [2.24, 2.45) is 0 Å². The van der Waals surface area contributed by atoms with Crippen molar-refractivity contribution in [3.63, 3.8) is 0 Å². The fraction of sp³-hybridized carbons (Fsp3) is 0.571. The van der Waals surface area contributed by atoms with E-state index in [2.05, 4.69) is 10.3 Å². The van der Waals surface area contributed by atoms with Crippen LogP contribution >= 0.6 is 0 Å². The molecule has 0 radical (unpaired) electrons. The van der Waals surface area contributed by atoms with Crippen LogP contribution in [0.3, 0.4) is 0 Å². The Morgan fingerprint density at radius 3 is 3.16 bits per heavy atom. The van der Waals surface area contributed by atoms with Gasteiger partial charge in [-0.25, -0.2) is 4.98 Å². The average molecular weight is 263 g/mol. The summed E-state index contributed by atoms with van der Waals surface area (Å²) in [5.41, 5.74) is 1.05. The lowest BCUT2D eigenvalue weighted by atomic mass is 10.0. The second-order valence-corrected chi connectivity index (χ2v) is 4.72. The van der Waals surface area contributed by atoms with Gasteiger partial charge in [0.15, 0.2) is 0 Å². The van der Waals surface area contributed by atoms with E-state index in [1.807, 2.05) is 24.0 Å². The summed E-state index contributed by atoms with van der Waals surface area (Å²) >= 11 is 0. The van der Waals surface area contributed by atoms with Crippen molar-refractivity contribution < 1.29 is 9.53 Å². The first kappa shape index (κ1) is 13.8. The summed E-state index contributed by atoms with van der Waals surface area (Å²) < 4.78 is 5.10. The third-order valence-electron chi connectivity index (χ3n) is 3.36. The minimum atomic E-state index is -0.0255. The maximum atomic E-state index is 12.3. The predicted molar refractivity (Wildman–Crippen MR) is 72.9 cm³/mol. The van der Waals surface area contributed by atoms with E-state index in [1.54, 1.807) is 13.3 Å². The number of aromatic nitrogens is 1. The summed E-state index contributed by atoms with van der Waals surface area (Å²) in [6.45, 7) is 4.30. The Morgan fingerprint density at radius 1 is 1.58 bits per heavy atom. The van der Waals surface area contributed by atoms with E-state index in [4.69, 9.17) is 4.74 Å². The number of likely N-dealkylation sites (tertiary alicyclic amines) is 1. The number of ether oxygens (including phenoxy) is 1. The lowest BCUT2D eigenvalue weighted by molar-refractivity contribution is -0.136. The van der Waals surface area contributed by atoms with Crippen molar-refractivity contribution in [3.05, 3.63) is 23.9 Å². The number of pyridine rings is 1. The number of hydrogen-bond acceptors (Lipinski definition) is 4. The minimum absolute atomic E-state index is 0.0255. The van der Waals surface area contributed by atoms with Gasteiger partial charge < -0.3 is 15.0 Å². The number of carbonyl (C=O) groups is 1. The van der Waals surface area contributed by atoms with E-state index in [0.717, 1.165) is 31.5 Å². The van der Waals surface area contributed by atoms with Crippen molar-refractivity contribution in [3.8, 4) is 5.88 Å². The third-order valence-corrected chi connectivity index (χ3v) is 3.36. The van der Waals surface area contributed by atoms with Crippen molar-refractivity contribution in [2.45, 2.75) is 32.4 Å². The Morgan fingerprint density at radius 2 is 2.42 bits per heavy atom. The summed E-state index contributed by atoms with van der Waals surface area (Å²) in [6.07, 6.45) is 3.69. The standard InChI is InChI=1S/C14H21N3O2/c1-3-15-12-5-4-8-17(14(12)18)10-11-6-7-16-13(9-11)19-2/h6-7,9,12,15H,3-5,8,10H2,1-2H3. The van der Waals surface area contributed by atoms with Gasteiger partial charge in [-0.15, -0.1) is 0 Å². The lowest BCUT2D eigenvalue weighted by Crippen LogP contribution is -2.50. The molecule has 0 aliphatic carbocycles. The molecule has 0 bridgehead atoms. The van der Waals surface area contributed by atoms with Gasteiger partial charge >= 0.3 is 0 Å². The molecule has 0 saturated carbocycles. The normalized spacial score (nSPS) is 19.6. The van der Waals surface area contributed by atoms with Crippen molar-refractivity contribution in [1.29, 1.82) is 0 Å². The Labute approximate surface area is 114 Å². The first-order chi connectivity index (χ1) is 9.24. The molecule has 1 atom stereocenters. The van der Waals surface area contributed by atoms with E-state index in [9.17, 15) is 4.79 Å². The van der Waals surface area contributed by atoms with E-state index >= 15 is 0 Å². The SMILES string of the molecule is CCNC1CCCN(Cc2ccnc(OC)c2)C1=O. The van der Waals surface area contributed by atoms with Gasteiger partial charge in [0.1, 0.15) is 0 Å². The number of methoxy groups -OCH3 is 1. The number of likely N-dealkylation sites (N-methyl/N-ethyl adjacent to an activating group) is 1. The van der Waals surface area contributed by atoms with Crippen LogP contribution in [0.25, 0.3) is 0 Å². The van der Waals surface area contributed by atoms with Crippen molar-refractivity contribution in [1.82, 2.24) is 15.2 Å². The van der Waals surface area contributed by atoms with Crippen LogP contribution in [0.2, 0.25) is 0 Å². The highest BCUT2D eigenvalue weighted by molar-refractivity contribution is 5.82. The molecule has 1 amide bonds. The van der Waals surface area contributed by atoms with E-state index in [-0.39, 0.29) is 11.9 Å². The molecule has 104 valence electrons. The van der Waals surface area contributed by atoms with Crippen LogP contribution in [0.5, 0.6) is 5.88 Å². The number of nitrogens with one attached hydrogen (secondary N) is 1. The van der Waals surface area contributed by atoms with Crippen LogP contribution in [0, 0.1) is 0 Å². The molecule has 1 unspecified atom stereocenters. The summed E-state index contributed by atoms with van der Waals surface area (Å²) in [5.74, 6) is 0.786. The highest BCUT2D eigenvalue weighted by Gasteiger charge is 2.27. The molecule has 1 aliphatic rings. The topological polar surface area (TPSA) is 54.5 Å². The van der Waals surface area contributed by atoms with E-state index in [1.165, 1.54) is 0 Å². The molecule has 1 fully saturated rings. The maximum Gasteiger partial charge on any atom is 0.240 e. The van der Waals surface area contributed by atoms with E-state index in [0.29, 0.717) is 12.4 Å². The largest absolute Gasteiger partial charge is 0.481 e. The van der Waals surface area contributed by atoms with Crippen LogP contribution < -0.4 is 10.1 Å². The number of carbonyl (C=O) groups excluding carboxylic acids is 1. The first-order valence-corrected chi connectivity index (χ1v) is 6.75. The third kappa shape index (κ3) is 3.44. The molecule has 5 nitrogen and oxygen atoms in total. The highest BCUT2D eigenvalue weighted by Crippen LogP contribution is 2.17. The number of piperidine rings is 1.